The second-order valence-corrected chi connectivity index (χ2v) is 8.18. The lowest BCUT2D eigenvalue weighted by Gasteiger charge is -2.38. The number of alkyl halides is 1. The lowest BCUT2D eigenvalue weighted by Crippen LogP contribution is -2.48. The van der Waals surface area contributed by atoms with Crippen LogP contribution in [0.15, 0.2) is 60.7 Å². The van der Waals surface area contributed by atoms with Crippen molar-refractivity contribution >= 4 is 17.5 Å². The van der Waals surface area contributed by atoms with Gasteiger partial charge in [-0.25, -0.2) is 0 Å². The third-order valence-electron chi connectivity index (χ3n) is 5.95. The lowest BCUT2D eigenvalue weighted by atomic mass is 9.87. The Balaban J connectivity index is 1.78. The predicted octanol–water partition coefficient (Wildman–Crippen LogP) is 4.75. The lowest BCUT2D eigenvalue weighted by molar-refractivity contribution is -0.134. The van der Waals surface area contributed by atoms with Crippen molar-refractivity contribution in [2.24, 2.45) is 5.92 Å². The fourth-order valence-electron chi connectivity index (χ4n) is 4.13. The summed E-state index contributed by atoms with van der Waals surface area (Å²) in [5, 5.41) is 0. The number of hydrogen-bond acceptors (Lipinski definition) is 2. The van der Waals surface area contributed by atoms with E-state index in [0.29, 0.717) is 5.92 Å². The van der Waals surface area contributed by atoms with Crippen LogP contribution in [-0.2, 0) is 9.67 Å². The Morgan fingerprint density at radius 2 is 1.43 bits per heavy atom. The van der Waals surface area contributed by atoms with Gasteiger partial charge in [0.1, 0.15) is 0 Å². The van der Waals surface area contributed by atoms with E-state index in [1.807, 2.05) is 65.6 Å². The van der Waals surface area contributed by atoms with Crippen molar-refractivity contribution in [1.82, 2.24) is 9.80 Å². The van der Waals surface area contributed by atoms with Crippen LogP contribution < -0.4 is 0 Å². The molecule has 150 valence electrons. The minimum atomic E-state index is -1.17. The number of halogens is 1. The Bertz CT molecular complexity index is 698. The highest BCUT2D eigenvalue weighted by molar-refractivity contribution is 6.37. The van der Waals surface area contributed by atoms with Gasteiger partial charge in [0.05, 0.1) is 0 Å². The first-order valence-corrected chi connectivity index (χ1v) is 10.8. The van der Waals surface area contributed by atoms with Crippen LogP contribution in [0.5, 0.6) is 0 Å². The number of rotatable bonds is 7. The highest BCUT2D eigenvalue weighted by Crippen LogP contribution is 2.39. The molecule has 2 aromatic carbocycles. The van der Waals surface area contributed by atoms with E-state index in [1.54, 1.807) is 0 Å². The van der Waals surface area contributed by atoms with E-state index in [4.69, 9.17) is 11.6 Å². The molecule has 1 saturated heterocycles. The summed E-state index contributed by atoms with van der Waals surface area (Å²) in [4.78, 5) is 16.9. The van der Waals surface area contributed by atoms with Crippen LogP contribution in [0.2, 0.25) is 0 Å². The molecule has 3 nitrogen and oxygen atoms in total. The standard InChI is InChI=1S/C24H31ClN2O/c1-3-26(4-2)19-20-15-17-27(18-16-20)23(28)24(25,21-11-7-5-8-12-21)22-13-9-6-10-14-22/h5-14,20H,3-4,15-19H2,1-2H3. The maximum atomic E-state index is 13.6. The van der Waals surface area contributed by atoms with Gasteiger partial charge in [0.15, 0.2) is 4.87 Å². The monoisotopic (exact) mass is 398 g/mol. The van der Waals surface area contributed by atoms with Crippen molar-refractivity contribution in [3.05, 3.63) is 71.8 Å². The average Bonchev–Trinajstić information content (AvgIpc) is 2.78. The number of piperidine rings is 1. The second kappa shape index (κ2) is 9.58. The third kappa shape index (κ3) is 4.42. The Hall–Kier alpha value is -1.84. The quantitative estimate of drug-likeness (QED) is 0.628. The first-order chi connectivity index (χ1) is 13.6. The highest BCUT2D eigenvalue weighted by Gasteiger charge is 2.43. The predicted molar refractivity (Wildman–Crippen MR) is 117 cm³/mol. The van der Waals surface area contributed by atoms with Crippen molar-refractivity contribution in [2.45, 2.75) is 31.6 Å². The average molecular weight is 399 g/mol. The highest BCUT2D eigenvalue weighted by atomic mass is 35.5. The van der Waals surface area contributed by atoms with Crippen molar-refractivity contribution in [1.29, 1.82) is 0 Å². The van der Waals surface area contributed by atoms with E-state index in [0.717, 1.165) is 56.7 Å². The SMILES string of the molecule is CCN(CC)CC1CCN(C(=O)C(Cl)(c2ccccc2)c2ccccc2)CC1. The summed E-state index contributed by atoms with van der Waals surface area (Å²) in [6.45, 7) is 9.27. The zero-order valence-corrected chi connectivity index (χ0v) is 17.7. The second-order valence-electron chi connectivity index (χ2n) is 7.61. The Labute approximate surface area is 174 Å². The zero-order valence-electron chi connectivity index (χ0n) is 17.0. The van der Waals surface area contributed by atoms with Gasteiger partial charge in [-0.05, 0) is 43.0 Å². The van der Waals surface area contributed by atoms with Crippen LogP contribution in [0.1, 0.15) is 37.8 Å². The van der Waals surface area contributed by atoms with E-state index in [9.17, 15) is 4.79 Å². The number of likely N-dealkylation sites (tertiary alicyclic amines) is 1. The third-order valence-corrected chi connectivity index (χ3v) is 6.55. The van der Waals surface area contributed by atoms with Crippen LogP contribution >= 0.6 is 11.6 Å². The largest absolute Gasteiger partial charge is 0.341 e. The summed E-state index contributed by atoms with van der Waals surface area (Å²) in [5.41, 5.74) is 1.66. The van der Waals surface area contributed by atoms with Crippen LogP contribution in [0.3, 0.4) is 0 Å². The molecule has 4 heteroatoms. The molecule has 0 N–H and O–H groups in total. The van der Waals surface area contributed by atoms with Crippen LogP contribution in [-0.4, -0.2) is 48.4 Å². The molecule has 0 spiro atoms. The smallest absolute Gasteiger partial charge is 0.252 e. The Morgan fingerprint density at radius 1 is 0.964 bits per heavy atom. The van der Waals surface area contributed by atoms with Gasteiger partial charge in [-0.3, -0.25) is 4.79 Å². The first kappa shape index (κ1) is 20.9. The minimum Gasteiger partial charge on any atom is -0.341 e. The summed E-state index contributed by atoms with van der Waals surface area (Å²) < 4.78 is 0. The molecule has 0 atom stereocenters. The van der Waals surface area contributed by atoms with Gasteiger partial charge < -0.3 is 9.80 Å². The van der Waals surface area contributed by atoms with E-state index in [-0.39, 0.29) is 5.91 Å². The molecule has 0 radical (unpaired) electrons. The van der Waals surface area contributed by atoms with E-state index < -0.39 is 4.87 Å². The van der Waals surface area contributed by atoms with Crippen molar-refractivity contribution in [3.63, 3.8) is 0 Å². The molecule has 1 aliphatic rings. The topological polar surface area (TPSA) is 23.6 Å². The summed E-state index contributed by atoms with van der Waals surface area (Å²) in [5.74, 6) is 0.648. The summed E-state index contributed by atoms with van der Waals surface area (Å²) >= 11 is 7.14. The summed E-state index contributed by atoms with van der Waals surface area (Å²) in [6, 6.07) is 19.5. The molecule has 0 bridgehead atoms. The summed E-state index contributed by atoms with van der Waals surface area (Å²) in [7, 11) is 0. The van der Waals surface area contributed by atoms with Gasteiger partial charge in [-0.1, -0.05) is 86.1 Å². The molecule has 28 heavy (non-hydrogen) atoms. The maximum Gasteiger partial charge on any atom is 0.252 e. The van der Waals surface area contributed by atoms with Crippen molar-refractivity contribution in [3.8, 4) is 0 Å². The van der Waals surface area contributed by atoms with E-state index in [1.165, 1.54) is 0 Å². The molecular weight excluding hydrogens is 368 g/mol. The van der Waals surface area contributed by atoms with Crippen LogP contribution in [0, 0.1) is 5.92 Å². The van der Waals surface area contributed by atoms with Gasteiger partial charge >= 0.3 is 0 Å². The molecule has 0 aliphatic carbocycles. The molecule has 1 heterocycles. The number of carbonyl (C=O) groups is 1. The molecule has 1 amide bonds. The molecule has 0 aromatic heterocycles. The number of hydrogen-bond donors (Lipinski definition) is 0. The van der Waals surface area contributed by atoms with Gasteiger partial charge in [0, 0.05) is 19.6 Å². The normalized spacial score (nSPS) is 15.8. The van der Waals surface area contributed by atoms with Crippen molar-refractivity contribution in [2.75, 3.05) is 32.7 Å². The van der Waals surface area contributed by atoms with Gasteiger partial charge in [0.2, 0.25) is 0 Å². The van der Waals surface area contributed by atoms with Crippen LogP contribution in [0.4, 0.5) is 0 Å². The summed E-state index contributed by atoms with van der Waals surface area (Å²) in [6.07, 6.45) is 2.08. The minimum absolute atomic E-state index is 0.00661. The molecule has 2 aromatic rings. The molecule has 1 fully saturated rings. The molecule has 3 rings (SSSR count). The van der Waals surface area contributed by atoms with Gasteiger partial charge in [-0.2, -0.15) is 0 Å². The Morgan fingerprint density at radius 3 is 1.86 bits per heavy atom. The van der Waals surface area contributed by atoms with Crippen LogP contribution in [0.25, 0.3) is 0 Å². The first-order valence-electron chi connectivity index (χ1n) is 10.4. The van der Waals surface area contributed by atoms with Gasteiger partial charge in [-0.15, -0.1) is 0 Å². The number of amides is 1. The number of nitrogens with zero attached hydrogens (tertiary/aromatic N) is 2. The molecule has 0 unspecified atom stereocenters. The van der Waals surface area contributed by atoms with Gasteiger partial charge in [0.25, 0.3) is 5.91 Å². The number of carbonyl (C=O) groups excluding carboxylic acids is 1. The van der Waals surface area contributed by atoms with E-state index in [2.05, 4.69) is 18.7 Å². The number of benzene rings is 2. The molecule has 0 saturated carbocycles. The molecular formula is C24H31ClN2O. The zero-order chi connectivity index (χ0) is 20.0. The fraction of sp³-hybridized carbons (Fsp3) is 0.458. The van der Waals surface area contributed by atoms with Crippen molar-refractivity contribution < 1.29 is 4.79 Å². The van der Waals surface area contributed by atoms with E-state index >= 15 is 0 Å². The Kier molecular flexibility index (Phi) is 7.14. The molecule has 1 aliphatic heterocycles. The maximum absolute atomic E-state index is 13.6. The fourth-order valence-corrected chi connectivity index (χ4v) is 4.50.